The lowest BCUT2D eigenvalue weighted by Crippen LogP contribution is -1.93. The van der Waals surface area contributed by atoms with E-state index in [4.69, 9.17) is 10.5 Å². The number of benzene rings is 1. The topological polar surface area (TPSA) is 76.8 Å². The number of nitrogens with zero attached hydrogens (tertiary/aromatic N) is 2. The van der Waals surface area contributed by atoms with E-state index in [1.165, 1.54) is 18.9 Å². The molecule has 0 aliphatic rings. The number of nitrogens with one attached hydrogen (secondary N) is 1. The first-order valence-corrected chi connectivity index (χ1v) is 5.81. The lowest BCUT2D eigenvalue weighted by Gasteiger charge is -2.05. The molecule has 90 valence electrons. The first kappa shape index (κ1) is 11.7. The summed E-state index contributed by atoms with van der Waals surface area (Å²) >= 11 is 1.30. The van der Waals surface area contributed by atoms with Crippen LogP contribution >= 0.6 is 11.8 Å². The van der Waals surface area contributed by atoms with Crippen LogP contribution < -0.4 is 10.5 Å². The molecule has 0 radical (unpaired) electrons. The van der Waals surface area contributed by atoms with Crippen LogP contribution in [0.15, 0.2) is 23.4 Å². The lowest BCUT2D eigenvalue weighted by molar-refractivity contribution is 0.385. The van der Waals surface area contributed by atoms with Crippen molar-refractivity contribution in [2.24, 2.45) is 0 Å². The van der Waals surface area contributed by atoms with Crippen LogP contribution in [0.25, 0.3) is 0 Å². The van der Waals surface area contributed by atoms with Crippen molar-refractivity contribution in [3.05, 3.63) is 29.6 Å². The molecule has 0 aliphatic carbocycles. The van der Waals surface area contributed by atoms with Crippen molar-refractivity contribution < 1.29 is 9.13 Å². The quantitative estimate of drug-likeness (QED) is 0.814. The van der Waals surface area contributed by atoms with Crippen molar-refractivity contribution in [1.29, 1.82) is 0 Å². The third kappa shape index (κ3) is 2.68. The van der Waals surface area contributed by atoms with Gasteiger partial charge in [0, 0.05) is 11.3 Å². The predicted molar refractivity (Wildman–Crippen MR) is 63.3 cm³/mol. The molecule has 3 N–H and O–H groups in total. The van der Waals surface area contributed by atoms with Gasteiger partial charge in [-0.2, -0.15) is 4.98 Å². The first-order valence-electron chi connectivity index (χ1n) is 4.82. The highest BCUT2D eigenvalue weighted by atomic mass is 32.2. The Bertz CT molecular complexity index is 517. The van der Waals surface area contributed by atoms with Crippen LogP contribution in [0.2, 0.25) is 0 Å². The van der Waals surface area contributed by atoms with Crippen LogP contribution in [0.1, 0.15) is 5.56 Å². The number of ether oxygens (including phenoxy) is 1. The number of hydrogen-bond donors (Lipinski definition) is 2. The molecule has 0 saturated heterocycles. The molecular weight excluding hydrogens is 243 g/mol. The minimum Gasteiger partial charge on any atom is -0.494 e. The van der Waals surface area contributed by atoms with E-state index in [0.717, 1.165) is 0 Å². The summed E-state index contributed by atoms with van der Waals surface area (Å²) in [5.74, 6) is 0.544. The summed E-state index contributed by atoms with van der Waals surface area (Å²) in [4.78, 5) is 3.92. The summed E-state index contributed by atoms with van der Waals surface area (Å²) < 4.78 is 18.7. The molecule has 0 amide bonds. The summed E-state index contributed by atoms with van der Waals surface area (Å²) in [6.07, 6.45) is 0. The van der Waals surface area contributed by atoms with E-state index in [9.17, 15) is 4.39 Å². The maximum atomic E-state index is 13.8. The van der Waals surface area contributed by atoms with E-state index in [0.29, 0.717) is 16.5 Å². The number of nitrogens with two attached hydrogens (primary N) is 1. The monoisotopic (exact) mass is 254 g/mol. The van der Waals surface area contributed by atoms with Crippen molar-refractivity contribution in [2.75, 3.05) is 12.8 Å². The van der Waals surface area contributed by atoms with E-state index in [-0.39, 0.29) is 17.5 Å². The van der Waals surface area contributed by atoms with E-state index in [1.54, 1.807) is 18.2 Å². The minimum atomic E-state index is -0.356. The van der Waals surface area contributed by atoms with Crippen molar-refractivity contribution in [3.8, 4) is 5.75 Å². The maximum absolute atomic E-state index is 13.8. The van der Waals surface area contributed by atoms with Gasteiger partial charge in [-0.1, -0.05) is 23.9 Å². The average Bonchev–Trinajstić information content (AvgIpc) is 2.74. The Morgan fingerprint density at radius 3 is 3.00 bits per heavy atom. The SMILES string of the molecule is COc1cccc(CSc2n[nH]c(N)n2)c1F. The molecule has 1 aromatic heterocycles. The highest BCUT2D eigenvalue weighted by Crippen LogP contribution is 2.25. The van der Waals surface area contributed by atoms with Gasteiger partial charge < -0.3 is 10.5 Å². The van der Waals surface area contributed by atoms with Crippen LogP contribution in [0.4, 0.5) is 10.3 Å². The Balaban J connectivity index is 2.09. The normalized spacial score (nSPS) is 10.5. The van der Waals surface area contributed by atoms with E-state index < -0.39 is 0 Å². The number of halogens is 1. The zero-order valence-corrected chi connectivity index (χ0v) is 9.92. The van der Waals surface area contributed by atoms with Crippen LogP contribution in [0.3, 0.4) is 0 Å². The van der Waals surface area contributed by atoms with Crippen molar-refractivity contribution in [2.45, 2.75) is 10.9 Å². The van der Waals surface area contributed by atoms with E-state index >= 15 is 0 Å². The predicted octanol–water partition coefficient (Wildman–Crippen LogP) is 1.83. The van der Waals surface area contributed by atoms with Crippen molar-refractivity contribution in [3.63, 3.8) is 0 Å². The number of rotatable bonds is 4. The Morgan fingerprint density at radius 2 is 2.35 bits per heavy atom. The molecule has 2 rings (SSSR count). The Kier molecular flexibility index (Phi) is 3.48. The number of hydrogen-bond acceptors (Lipinski definition) is 5. The number of thioether (sulfide) groups is 1. The molecule has 0 fully saturated rings. The molecule has 17 heavy (non-hydrogen) atoms. The number of aromatic amines is 1. The van der Waals surface area contributed by atoms with Crippen LogP contribution in [0.5, 0.6) is 5.75 Å². The summed E-state index contributed by atoms with van der Waals surface area (Å²) in [6.45, 7) is 0. The number of anilines is 1. The van der Waals surface area contributed by atoms with Gasteiger partial charge >= 0.3 is 0 Å². The largest absolute Gasteiger partial charge is 0.494 e. The number of H-pyrrole nitrogens is 1. The van der Waals surface area contributed by atoms with Gasteiger partial charge in [-0.05, 0) is 6.07 Å². The standard InChI is InChI=1S/C10H11FN4OS/c1-16-7-4-2-3-6(8(7)11)5-17-10-13-9(12)14-15-10/h2-4H,5H2,1H3,(H3,12,13,14,15). The summed E-state index contributed by atoms with van der Waals surface area (Å²) in [6, 6.07) is 5.01. The lowest BCUT2D eigenvalue weighted by atomic mass is 10.2. The molecule has 0 atom stereocenters. The van der Waals surface area contributed by atoms with Crippen LogP contribution in [0, 0.1) is 5.82 Å². The summed E-state index contributed by atoms with van der Waals surface area (Å²) in [5.41, 5.74) is 5.93. The number of aromatic nitrogens is 3. The van der Waals surface area contributed by atoms with Crippen molar-refractivity contribution in [1.82, 2.24) is 15.2 Å². The van der Waals surface area contributed by atoms with Gasteiger partial charge in [0.25, 0.3) is 0 Å². The molecule has 1 aromatic carbocycles. The Hall–Kier alpha value is -1.76. The maximum Gasteiger partial charge on any atom is 0.216 e. The second-order valence-electron chi connectivity index (χ2n) is 3.23. The van der Waals surface area contributed by atoms with E-state index in [2.05, 4.69) is 15.2 Å². The molecule has 5 nitrogen and oxygen atoms in total. The molecule has 7 heteroatoms. The highest BCUT2D eigenvalue weighted by molar-refractivity contribution is 7.98. The molecular formula is C10H11FN4OS. The zero-order chi connectivity index (χ0) is 12.3. The average molecular weight is 254 g/mol. The third-order valence-corrected chi connectivity index (χ3v) is 3.00. The summed E-state index contributed by atoms with van der Waals surface area (Å²) in [5, 5.41) is 6.86. The number of methoxy groups -OCH3 is 1. The van der Waals surface area contributed by atoms with Gasteiger partial charge in [0.15, 0.2) is 11.6 Å². The van der Waals surface area contributed by atoms with Crippen molar-refractivity contribution >= 4 is 17.7 Å². The van der Waals surface area contributed by atoms with Crippen LogP contribution in [-0.2, 0) is 5.75 Å². The van der Waals surface area contributed by atoms with Gasteiger partial charge in [0.2, 0.25) is 11.1 Å². The third-order valence-electron chi connectivity index (χ3n) is 2.10. The second kappa shape index (κ2) is 5.05. The summed E-state index contributed by atoms with van der Waals surface area (Å²) in [7, 11) is 1.44. The Labute approximate surface area is 102 Å². The first-order chi connectivity index (χ1) is 8.20. The molecule has 0 aliphatic heterocycles. The number of nitrogen functional groups attached to an aromatic ring is 1. The molecule has 0 unspecified atom stereocenters. The van der Waals surface area contributed by atoms with Gasteiger partial charge in [-0.3, -0.25) is 0 Å². The van der Waals surface area contributed by atoms with Gasteiger partial charge in [0.1, 0.15) is 0 Å². The molecule has 0 saturated carbocycles. The zero-order valence-electron chi connectivity index (χ0n) is 9.11. The fourth-order valence-electron chi connectivity index (χ4n) is 1.29. The molecule has 1 heterocycles. The smallest absolute Gasteiger partial charge is 0.216 e. The second-order valence-corrected chi connectivity index (χ2v) is 4.17. The molecule has 0 spiro atoms. The van der Waals surface area contributed by atoms with Gasteiger partial charge in [0.05, 0.1) is 7.11 Å². The van der Waals surface area contributed by atoms with E-state index in [1.807, 2.05) is 0 Å². The van der Waals surface area contributed by atoms with Gasteiger partial charge in [-0.25, -0.2) is 9.49 Å². The molecule has 0 bridgehead atoms. The van der Waals surface area contributed by atoms with Crippen LogP contribution in [-0.4, -0.2) is 22.3 Å². The molecule has 2 aromatic rings. The van der Waals surface area contributed by atoms with Gasteiger partial charge in [-0.15, -0.1) is 5.10 Å². The Morgan fingerprint density at radius 1 is 1.53 bits per heavy atom. The highest BCUT2D eigenvalue weighted by Gasteiger charge is 2.09. The fraction of sp³-hybridized carbons (Fsp3) is 0.200. The minimum absolute atomic E-state index is 0.234. The fourth-order valence-corrected chi connectivity index (χ4v) is 2.07.